The quantitative estimate of drug-likeness (QED) is 0.839. The summed E-state index contributed by atoms with van der Waals surface area (Å²) in [6.45, 7) is 3.59. The average Bonchev–Trinajstić information content (AvgIpc) is 2.47. The number of thiol groups is 1. The highest BCUT2D eigenvalue weighted by molar-refractivity contribution is 7.80. The molecule has 114 valence electrons. The number of halogens is 1. The second-order valence-corrected chi connectivity index (χ2v) is 6.26. The zero-order valence-electron chi connectivity index (χ0n) is 11.9. The molecule has 2 amide bonds. The van der Waals surface area contributed by atoms with Crippen LogP contribution >= 0.6 is 24.2 Å². The van der Waals surface area contributed by atoms with Crippen LogP contribution in [0, 0.1) is 5.92 Å². The largest absolute Gasteiger partial charge is 0.356 e. The Kier molecular flexibility index (Phi) is 5.53. The van der Waals surface area contributed by atoms with Crippen molar-refractivity contribution >= 4 is 36.0 Å². The van der Waals surface area contributed by atoms with E-state index in [2.05, 4.69) is 17.9 Å². The van der Waals surface area contributed by atoms with Crippen LogP contribution in [0.4, 0.5) is 0 Å². The summed E-state index contributed by atoms with van der Waals surface area (Å²) in [5.41, 5.74) is 0.504. The molecule has 1 aromatic carbocycles. The van der Waals surface area contributed by atoms with Gasteiger partial charge in [0.15, 0.2) is 0 Å². The lowest BCUT2D eigenvalue weighted by molar-refractivity contribution is -0.119. The van der Waals surface area contributed by atoms with Gasteiger partial charge in [-0.2, -0.15) is 0 Å². The molecule has 0 unspecified atom stereocenters. The van der Waals surface area contributed by atoms with Crippen LogP contribution in [-0.2, 0) is 4.79 Å². The van der Waals surface area contributed by atoms with Crippen molar-refractivity contribution in [2.45, 2.75) is 24.7 Å². The van der Waals surface area contributed by atoms with Crippen molar-refractivity contribution in [2.24, 2.45) is 5.92 Å². The topological polar surface area (TPSA) is 49.4 Å². The van der Waals surface area contributed by atoms with Crippen molar-refractivity contribution < 1.29 is 9.59 Å². The van der Waals surface area contributed by atoms with Crippen LogP contribution in [0.15, 0.2) is 23.1 Å². The predicted molar refractivity (Wildman–Crippen MR) is 86.0 cm³/mol. The van der Waals surface area contributed by atoms with E-state index in [1.165, 1.54) is 6.92 Å². The molecule has 2 rings (SSSR count). The van der Waals surface area contributed by atoms with E-state index in [-0.39, 0.29) is 11.8 Å². The molecule has 0 radical (unpaired) electrons. The van der Waals surface area contributed by atoms with Crippen LogP contribution in [0.5, 0.6) is 0 Å². The Hall–Kier alpha value is -1.20. The number of carbonyl (C=O) groups excluding carboxylic acids is 2. The molecule has 0 bridgehead atoms. The maximum absolute atomic E-state index is 12.5. The molecule has 0 spiro atoms. The molecule has 0 aromatic heterocycles. The fraction of sp³-hybridized carbons (Fsp3) is 0.467. The van der Waals surface area contributed by atoms with E-state index >= 15 is 0 Å². The van der Waals surface area contributed by atoms with Gasteiger partial charge in [0.25, 0.3) is 5.91 Å². The summed E-state index contributed by atoms with van der Waals surface area (Å²) in [7, 11) is 0. The number of piperidine rings is 1. The molecule has 4 nitrogen and oxygen atoms in total. The van der Waals surface area contributed by atoms with Gasteiger partial charge in [-0.15, -0.1) is 12.6 Å². The third-order valence-electron chi connectivity index (χ3n) is 3.72. The van der Waals surface area contributed by atoms with Gasteiger partial charge >= 0.3 is 0 Å². The van der Waals surface area contributed by atoms with E-state index in [1.807, 2.05) is 4.90 Å². The van der Waals surface area contributed by atoms with Gasteiger partial charge in [0.1, 0.15) is 0 Å². The van der Waals surface area contributed by atoms with E-state index in [9.17, 15) is 9.59 Å². The Balaban J connectivity index is 1.94. The lowest BCUT2D eigenvalue weighted by atomic mass is 9.96. The minimum atomic E-state index is -0.0473. The molecule has 0 saturated carbocycles. The number of hydrogen-bond donors (Lipinski definition) is 2. The van der Waals surface area contributed by atoms with E-state index in [4.69, 9.17) is 11.6 Å². The first-order valence-electron chi connectivity index (χ1n) is 6.99. The van der Waals surface area contributed by atoms with Crippen molar-refractivity contribution in [3.8, 4) is 0 Å². The molecule has 1 aliphatic heterocycles. The smallest absolute Gasteiger partial charge is 0.255 e. The highest BCUT2D eigenvalue weighted by Gasteiger charge is 2.24. The molecule has 1 N–H and O–H groups in total. The Morgan fingerprint density at radius 3 is 2.67 bits per heavy atom. The van der Waals surface area contributed by atoms with Gasteiger partial charge in [0.05, 0.1) is 10.6 Å². The standard InChI is InChI=1S/C15H19ClN2O2S/c1-10(19)17-9-11-4-6-18(7-5-11)15(20)13-8-12(21)2-3-14(13)16/h2-3,8,11,21H,4-7,9H2,1H3,(H,17,19). The Morgan fingerprint density at radius 2 is 2.05 bits per heavy atom. The number of nitrogens with zero attached hydrogens (tertiary/aromatic N) is 1. The second kappa shape index (κ2) is 7.18. The first-order valence-corrected chi connectivity index (χ1v) is 7.82. The number of rotatable bonds is 3. The maximum Gasteiger partial charge on any atom is 0.255 e. The van der Waals surface area contributed by atoms with Gasteiger partial charge in [-0.05, 0) is 37.0 Å². The molecule has 1 heterocycles. The predicted octanol–water partition coefficient (Wildman–Crippen LogP) is 2.62. The monoisotopic (exact) mass is 326 g/mol. The lowest BCUT2D eigenvalue weighted by Gasteiger charge is -2.32. The summed E-state index contributed by atoms with van der Waals surface area (Å²) in [6, 6.07) is 5.17. The number of amides is 2. The second-order valence-electron chi connectivity index (χ2n) is 5.34. The van der Waals surface area contributed by atoms with Gasteiger partial charge in [0, 0.05) is 31.5 Å². The average molecular weight is 327 g/mol. The van der Waals surface area contributed by atoms with Crippen LogP contribution in [0.1, 0.15) is 30.1 Å². The first-order chi connectivity index (χ1) is 9.97. The summed E-state index contributed by atoms with van der Waals surface area (Å²) >= 11 is 10.3. The van der Waals surface area contributed by atoms with Crippen molar-refractivity contribution in [1.29, 1.82) is 0 Å². The van der Waals surface area contributed by atoms with Gasteiger partial charge in [-0.1, -0.05) is 11.6 Å². The van der Waals surface area contributed by atoms with Gasteiger partial charge in [-0.25, -0.2) is 0 Å². The van der Waals surface area contributed by atoms with Gasteiger partial charge < -0.3 is 10.2 Å². The van der Waals surface area contributed by atoms with Crippen molar-refractivity contribution in [1.82, 2.24) is 10.2 Å². The van der Waals surface area contributed by atoms with Crippen LogP contribution in [0.25, 0.3) is 0 Å². The number of likely N-dealkylation sites (tertiary alicyclic amines) is 1. The summed E-state index contributed by atoms with van der Waals surface area (Å²) in [4.78, 5) is 25.9. The molecule has 6 heteroatoms. The summed E-state index contributed by atoms with van der Waals surface area (Å²) in [6.07, 6.45) is 1.79. The highest BCUT2D eigenvalue weighted by atomic mass is 35.5. The number of benzene rings is 1. The molecule has 21 heavy (non-hydrogen) atoms. The molecule has 1 fully saturated rings. The van der Waals surface area contributed by atoms with Crippen LogP contribution in [0.2, 0.25) is 5.02 Å². The minimum absolute atomic E-state index is 0.00844. The molecule has 0 atom stereocenters. The molecule has 0 aliphatic carbocycles. The lowest BCUT2D eigenvalue weighted by Crippen LogP contribution is -2.41. The number of hydrogen-bond acceptors (Lipinski definition) is 3. The van der Waals surface area contributed by atoms with E-state index < -0.39 is 0 Å². The molecule has 1 aliphatic rings. The molecular weight excluding hydrogens is 308 g/mol. The fourth-order valence-electron chi connectivity index (χ4n) is 2.48. The molecule has 1 saturated heterocycles. The number of carbonyl (C=O) groups is 2. The third kappa shape index (κ3) is 4.38. The van der Waals surface area contributed by atoms with Crippen LogP contribution < -0.4 is 5.32 Å². The summed E-state index contributed by atoms with van der Waals surface area (Å²) in [5.74, 6) is 0.379. The first kappa shape index (κ1) is 16.2. The van der Waals surface area contributed by atoms with Crippen LogP contribution in [-0.4, -0.2) is 36.3 Å². The highest BCUT2D eigenvalue weighted by Crippen LogP contribution is 2.24. The van der Waals surface area contributed by atoms with Crippen molar-refractivity contribution in [3.63, 3.8) is 0 Å². The van der Waals surface area contributed by atoms with Crippen LogP contribution in [0.3, 0.4) is 0 Å². The van der Waals surface area contributed by atoms with E-state index in [0.29, 0.717) is 36.1 Å². The Labute approximate surface area is 135 Å². The van der Waals surface area contributed by atoms with E-state index in [0.717, 1.165) is 17.7 Å². The van der Waals surface area contributed by atoms with Gasteiger partial charge in [0.2, 0.25) is 5.91 Å². The zero-order valence-corrected chi connectivity index (χ0v) is 13.6. The van der Waals surface area contributed by atoms with Gasteiger partial charge in [-0.3, -0.25) is 9.59 Å². The Bertz CT molecular complexity index is 542. The zero-order chi connectivity index (χ0) is 15.4. The summed E-state index contributed by atoms with van der Waals surface area (Å²) < 4.78 is 0. The minimum Gasteiger partial charge on any atom is -0.356 e. The SMILES string of the molecule is CC(=O)NCC1CCN(C(=O)c2cc(S)ccc2Cl)CC1. The summed E-state index contributed by atoms with van der Waals surface area (Å²) in [5, 5.41) is 3.29. The third-order valence-corrected chi connectivity index (χ3v) is 4.33. The normalized spacial score (nSPS) is 15.9. The molecule has 1 aromatic rings. The van der Waals surface area contributed by atoms with Crippen molar-refractivity contribution in [2.75, 3.05) is 19.6 Å². The van der Waals surface area contributed by atoms with E-state index in [1.54, 1.807) is 18.2 Å². The Morgan fingerprint density at radius 1 is 1.38 bits per heavy atom. The molecular formula is C15H19ClN2O2S. The fourth-order valence-corrected chi connectivity index (χ4v) is 2.88. The number of nitrogens with one attached hydrogen (secondary N) is 1. The van der Waals surface area contributed by atoms with Crippen molar-refractivity contribution in [3.05, 3.63) is 28.8 Å². The maximum atomic E-state index is 12.5.